The summed E-state index contributed by atoms with van der Waals surface area (Å²) >= 11 is 0. The van der Waals surface area contributed by atoms with Crippen LogP contribution in [0.3, 0.4) is 0 Å². The average molecular weight is 141 g/mol. The van der Waals surface area contributed by atoms with Crippen LogP contribution in [0, 0.1) is 5.92 Å². The van der Waals surface area contributed by atoms with Gasteiger partial charge in [0.05, 0.1) is 0 Å². The smallest absolute Gasteiger partial charge is 0.128 e. The van der Waals surface area contributed by atoms with E-state index in [2.05, 4.69) is 36.3 Å². The Balaban J connectivity index is 2.53. The maximum Gasteiger partial charge on any atom is 0.128 e. The van der Waals surface area contributed by atoms with Gasteiger partial charge in [0.15, 0.2) is 0 Å². The Morgan fingerprint density at radius 1 is 1.80 bits per heavy atom. The lowest BCUT2D eigenvalue weighted by Crippen LogP contribution is -2.28. The van der Waals surface area contributed by atoms with Crippen molar-refractivity contribution in [2.45, 2.75) is 20.3 Å². The maximum atomic E-state index is 4.18. The molecule has 1 rings (SSSR count). The normalized spacial score (nSPS) is 20.3. The van der Waals surface area contributed by atoms with E-state index in [4.69, 9.17) is 0 Å². The minimum Gasteiger partial charge on any atom is -0.343 e. The van der Waals surface area contributed by atoms with E-state index in [1.165, 1.54) is 5.84 Å². The van der Waals surface area contributed by atoms with Crippen LogP contribution in [0.15, 0.2) is 5.10 Å². The summed E-state index contributed by atoms with van der Waals surface area (Å²) in [7, 11) is 2.06. The predicted molar refractivity (Wildman–Crippen MR) is 42.7 cm³/mol. The van der Waals surface area contributed by atoms with Crippen LogP contribution in [0.1, 0.15) is 20.3 Å². The number of amidine groups is 1. The summed E-state index contributed by atoms with van der Waals surface area (Å²) in [5, 5.41) is 4.18. The van der Waals surface area contributed by atoms with Crippen molar-refractivity contribution in [3.63, 3.8) is 0 Å². The third kappa shape index (κ3) is 1.23. The second-order valence-electron chi connectivity index (χ2n) is 2.79. The molecule has 3 heteroatoms. The van der Waals surface area contributed by atoms with Gasteiger partial charge in [0.2, 0.25) is 0 Å². The molecule has 1 unspecified atom stereocenters. The van der Waals surface area contributed by atoms with Gasteiger partial charge < -0.3 is 4.90 Å². The Hall–Kier alpha value is -0.730. The molecule has 1 heterocycles. The van der Waals surface area contributed by atoms with Gasteiger partial charge in [-0.15, -0.1) is 0 Å². The van der Waals surface area contributed by atoms with Gasteiger partial charge in [-0.25, -0.2) is 0 Å². The zero-order valence-corrected chi connectivity index (χ0v) is 6.89. The van der Waals surface area contributed by atoms with Crippen LogP contribution in [0.5, 0.6) is 0 Å². The van der Waals surface area contributed by atoms with E-state index in [0.717, 1.165) is 13.1 Å². The van der Waals surface area contributed by atoms with Crippen LogP contribution >= 0.6 is 0 Å². The molecule has 0 amide bonds. The van der Waals surface area contributed by atoms with Crippen LogP contribution in [0.4, 0.5) is 0 Å². The zero-order chi connectivity index (χ0) is 7.56. The quantitative estimate of drug-likeness (QED) is 0.617. The third-order valence-electron chi connectivity index (χ3n) is 1.95. The number of hydrogen-bond acceptors (Lipinski definition) is 3. The summed E-state index contributed by atoms with van der Waals surface area (Å²) in [5.41, 5.74) is 2.95. The first-order valence-corrected chi connectivity index (χ1v) is 3.77. The van der Waals surface area contributed by atoms with Gasteiger partial charge >= 0.3 is 0 Å². The Labute approximate surface area is 62.1 Å². The van der Waals surface area contributed by atoms with Gasteiger partial charge in [-0.1, -0.05) is 13.8 Å². The van der Waals surface area contributed by atoms with Crippen molar-refractivity contribution in [3.8, 4) is 0 Å². The Kier molecular flexibility index (Phi) is 2.14. The molecule has 0 aromatic heterocycles. The number of nitrogens with zero attached hydrogens (tertiary/aromatic N) is 2. The molecule has 0 radical (unpaired) electrons. The highest BCUT2D eigenvalue weighted by atomic mass is 15.5. The first kappa shape index (κ1) is 7.38. The second-order valence-corrected chi connectivity index (χ2v) is 2.79. The molecular weight excluding hydrogens is 126 g/mol. The minimum absolute atomic E-state index is 0.583. The summed E-state index contributed by atoms with van der Waals surface area (Å²) in [5.74, 6) is 1.77. The monoisotopic (exact) mass is 141 g/mol. The molecule has 10 heavy (non-hydrogen) atoms. The first-order chi connectivity index (χ1) is 4.75. The molecule has 0 aromatic carbocycles. The molecule has 0 aliphatic carbocycles. The van der Waals surface area contributed by atoms with Gasteiger partial charge in [0.1, 0.15) is 12.5 Å². The lowest BCUT2D eigenvalue weighted by molar-refractivity contribution is 0.482. The summed E-state index contributed by atoms with van der Waals surface area (Å²) in [4.78, 5) is 2.15. The van der Waals surface area contributed by atoms with Crippen LogP contribution in [0.25, 0.3) is 0 Å². The van der Waals surface area contributed by atoms with E-state index < -0.39 is 0 Å². The summed E-state index contributed by atoms with van der Waals surface area (Å²) in [6.45, 7) is 5.24. The van der Waals surface area contributed by atoms with E-state index in [1.807, 2.05) is 0 Å². The molecule has 1 aliphatic heterocycles. The molecule has 58 valence electrons. The maximum absolute atomic E-state index is 4.18. The molecule has 1 atom stereocenters. The highest BCUT2D eigenvalue weighted by molar-refractivity contribution is 5.84. The van der Waals surface area contributed by atoms with Crippen molar-refractivity contribution in [1.82, 2.24) is 10.3 Å². The van der Waals surface area contributed by atoms with Crippen LogP contribution < -0.4 is 5.43 Å². The van der Waals surface area contributed by atoms with Gasteiger partial charge in [-0.05, 0) is 6.42 Å². The standard InChI is InChI=1S/C7H15N3/c1-4-6(2)7-9-8-5-10(7)3/h6,8H,4-5H2,1-3H3. The van der Waals surface area contributed by atoms with Gasteiger partial charge in [-0.2, -0.15) is 5.10 Å². The molecule has 3 nitrogen and oxygen atoms in total. The van der Waals surface area contributed by atoms with Crippen molar-refractivity contribution < 1.29 is 0 Å². The van der Waals surface area contributed by atoms with Crippen molar-refractivity contribution in [2.24, 2.45) is 11.0 Å². The Morgan fingerprint density at radius 2 is 2.50 bits per heavy atom. The van der Waals surface area contributed by atoms with Crippen molar-refractivity contribution in [1.29, 1.82) is 0 Å². The van der Waals surface area contributed by atoms with Gasteiger partial charge in [-0.3, -0.25) is 5.43 Å². The lowest BCUT2D eigenvalue weighted by atomic mass is 10.1. The van der Waals surface area contributed by atoms with E-state index in [0.29, 0.717) is 5.92 Å². The molecule has 0 bridgehead atoms. The topological polar surface area (TPSA) is 27.6 Å². The average Bonchev–Trinajstić information content (AvgIpc) is 2.34. The second kappa shape index (κ2) is 2.90. The van der Waals surface area contributed by atoms with Crippen LogP contribution in [0.2, 0.25) is 0 Å². The minimum atomic E-state index is 0.583. The molecular formula is C7H15N3. The highest BCUT2D eigenvalue weighted by Crippen LogP contribution is 2.08. The lowest BCUT2D eigenvalue weighted by Gasteiger charge is -2.16. The molecule has 1 aliphatic rings. The van der Waals surface area contributed by atoms with Crippen molar-refractivity contribution in [3.05, 3.63) is 0 Å². The highest BCUT2D eigenvalue weighted by Gasteiger charge is 2.16. The summed E-state index contributed by atoms with van der Waals surface area (Å²) < 4.78 is 0. The fourth-order valence-corrected chi connectivity index (χ4v) is 1.06. The Morgan fingerprint density at radius 3 is 2.90 bits per heavy atom. The summed E-state index contributed by atoms with van der Waals surface area (Å²) in [6, 6.07) is 0. The predicted octanol–water partition coefficient (Wildman–Crippen LogP) is 0.839. The van der Waals surface area contributed by atoms with Crippen molar-refractivity contribution in [2.75, 3.05) is 13.7 Å². The number of rotatable bonds is 2. The third-order valence-corrected chi connectivity index (χ3v) is 1.95. The summed E-state index contributed by atoms with van der Waals surface area (Å²) in [6.07, 6.45) is 1.16. The van der Waals surface area contributed by atoms with Gasteiger partial charge in [0, 0.05) is 13.0 Å². The fraction of sp³-hybridized carbons (Fsp3) is 0.857. The molecule has 0 aromatic rings. The molecule has 0 saturated heterocycles. The number of nitrogens with one attached hydrogen (secondary N) is 1. The fourth-order valence-electron chi connectivity index (χ4n) is 1.06. The van der Waals surface area contributed by atoms with E-state index in [9.17, 15) is 0 Å². The SMILES string of the molecule is CCC(C)C1=NNCN1C. The Bertz CT molecular complexity index is 142. The molecule has 1 N–H and O–H groups in total. The number of hydrazone groups is 1. The van der Waals surface area contributed by atoms with E-state index >= 15 is 0 Å². The first-order valence-electron chi connectivity index (χ1n) is 3.77. The van der Waals surface area contributed by atoms with E-state index in [1.54, 1.807) is 0 Å². The van der Waals surface area contributed by atoms with Crippen LogP contribution in [-0.4, -0.2) is 24.5 Å². The largest absolute Gasteiger partial charge is 0.343 e. The van der Waals surface area contributed by atoms with Crippen molar-refractivity contribution >= 4 is 5.84 Å². The van der Waals surface area contributed by atoms with Crippen LogP contribution in [-0.2, 0) is 0 Å². The van der Waals surface area contributed by atoms with E-state index in [-0.39, 0.29) is 0 Å². The molecule has 0 saturated carbocycles. The zero-order valence-electron chi connectivity index (χ0n) is 6.89. The molecule has 0 spiro atoms. The molecule has 0 fully saturated rings. The number of hydrogen-bond donors (Lipinski definition) is 1. The van der Waals surface area contributed by atoms with Gasteiger partial charge in [0.25, 0.3) is 0 Å².